The molecule has 0 amide bonds. The van der Waals surface area contributed by atoms with Crippen LogP contribution in [0.25, 0.3) is 22.3 Å². The molecule has 0 spiro atoms. The van der Waals surface area contributed by atoms with Gasteiger partial charge < -0.3 is 0 Å². The van der Waals surface area contributed by atoms with E-state index in [0.717, 1.165) is 10.5 Å². The molecule has 0 fully saturated rings. The van der Waals surface area contributed by atoms with Gasteiger partial charge in [-0.25, -0.2) is 0 Å². The molecule has 0 radical (unpaired) electrons. The second-order valence-corrected chi connectivity index (χ2v) is 31.5. The van der Waals surface area contributed by atoms with Crippen LogP contribution in [0.15, 0.2) is 84.5 Å². The predicted octanol–water partition coefficient (Wildman–Crippen LogP) is 12.6. The number of benzene rings is 3. The Morgan fingerprint density at radius 1 is 0.792 bits per heavy atom. The molecule has 0 aromatic heterocycles. The second kappa shape index (κ2) is 11.5. The molecule has 0 bridgehead atoms. The Morgan fingerprint density at radius 3 is 1.90 bits per heavy atom. The van der Waals surface area contributed by atoms with E-state index in [0.29, 0.717) is 5.92 Å². The molecule has 0 aliphatic heterocycles. The van der Waals surface area contributed by atoms with Gasteiger partial charge in [-0.15, -0.1) is 24.8 Å². The molecule has 1 unspecified atom stereocenters. The zero-order valence-electron chi connectivity index (χ0n) is 31.4. The number of hydrogen-bond donors (Lipinski definition) is 0. The summed E-state index contributed by atoms with van der Waals surface area (Å²) in [6.07, 6.45) is 6.07. The van der Waals surface area contributed by atoms with Crippen molar-refractivity contribution < 1.29 is 18.3 Å². The molecule has 3 aromatic rings. The van der Waals surface area contributed by atoms with E-state index in [1.54, 1.807) is 6.56 Å². The second-order valence-electron chi connectivity index (χ2n) is 17.5. The Kier molecular flexibility index (Phi) is 8.91. The first kappa shape index (κ1) is 37.2. The van der Waals surface area contributed by atoms with E-state index in [4.69, 9.17) is 4.21 Å². The van der Waals surface area contributed by atoms with Crippen molar-refractivity contribution in [1.82, 2.24) is 0 Å². The molecular weight excluding hydrogens is 703 g/mol. The van der Waals surface area contributed by atoms with Crippen molar-refractivity contribution in [3.8, 4) is 11.1 Å². The quantitative estimate of drug-likeness (QED) is 0.194. The average molecular weight is 759 g/mol. The zero-order chi connectivity index (χ0) is 33.4. The van der Waals surface area contributed by atoms with Gasteiger partial charge >= 0.3 is 282 Å². The molecule has 48 heavy (non-hydrogen) atoms. The Balaban J connectivity index is 0.00000225. The van der Waals surface area contributed by atoms with Crippen molar-refractivity contribution >= 4 is 43.4 Å². The molecule has 0 saturated carbocycles. The number of halogens is 2. The molecule has 1 atom stereocenters. The third-order valence-corrected chi connectivity index (χ3v) is 31.7. The van der Waals surface area contributed by atoms with E-state index >= 15 is 0 Å². The van der Waals surface area contributed by atoms with Gasteiger partial charge in [0, 0.05) is 0 Å². The van der Waals surface area contributed by atoms with Crippen LogP contribution >= 0.6 is 24.8 Å². The van der Waals surface area contributed by atoms with Crippen molar-refractivity contribution in [3.05, 3.63) is 118 Å². The molecule has 4 aliphatic rings. The Labute approximate surface area is 304 Å². The fourth-order valence-electron chi connectivity index (χ4n) is 11.2. The van der Waals surface area contributed by atoms with Crippen LogP contribution in [0.3, 0.4) is 0 Å². The van der Waals surface area contributed by atoms with Crippen molar-refractivity contribution in [2.75, 3.05) is 0 Å². The summed E-state index contributed by atoms with van der Waals surface area (Å²) in [5.74, 6) is 0.386. The van der Waals surface area contributed by atoms with Crippen LogP contribution in [-0.2, 0) is 35.5 Å². The van der Waals surface area contributed by atoms with Crippen LogP contribution in [-0.4, -0.2) is 4.21 Å². The van der Waals surface area contributed by atoms with Crippen molar-refractivity contribution in [3.63, 3.8) is 0 Å². The molecular formula is C45H56Cl2Zr. The molecule has 0 saturated heterocycles. The summed E-state index contributed by atoms with van der Waals surface area (Å²) in [5, 5.41) is 0. The summed E-state index contributed by atoms with van der Waals surface area (Å²) in [6.45, 7) is 29.0. The molecule has 7 rings (SSSR count). The number of allylic oxidation sites excluding steroid dienone is 8. The minimum atomic E-state index is -4.46. The standard InChI is InChI=1S/C25H25.C11H17.C6H5.C2H5.CH2.2ClH.Zr/c1-14-12-24(3,4)22-8-16-7-17-9-23-19(15(2)13-25(23,5)6)11-21(17)20(16)10-18(14)22;1-8-6-9(2)10(7-8)11(3,4)5;1-2-4-6-5-3-1;1-2;;;;/h8-12H,7H2,1-6H3;7-8H,1-5H3;1-5H;1H2,2H3;1H2;2*1H;. The summed E-state index contributed by atoms with van der Waals surface area (Å²) < 4.78 is 11.7. The molecule has 0 heterocycles. The van der Waals surface area contributed by atoms with E-state index in [1.165, 1.54) is 70.1 Å². The SMILES string of the molecule is Cl.Cl.[CH2]=[Zr]([CH2]C)([C]1=C(C)C(C(C)(C)C)=CC1C)([C]1=C(C)c2cc3c(cc2C1(C)C)Cc1cc2c(cc1-3)C(C)=CC2(C)C)[c]1ccccc1. The first-order chi connectivity index (χ1) is 21.4. The van der Waals surface area contributed by atoms with Gasteiger partial charge in [-0.3, -0.25) is 0 Å². The Hall–Kier alpha value is -2.05. The number of fused-ring (bicyclic) bond motifs is 5. The van der Waals surface area contributed by atoms with Crippen molar-refractivity contribution in [2.24, 2.45) is 11.3 Å². The van der Waals surface area contributed by atoms with E-state index in [9.17, 15) is 0 Å². The van der Waals surface area contributed by atoms with Crippen LogP contribution in [0, 0.1) is 11.3 Å². The molecule has 4 aliphatic carbocycles. The van der Waals surface area contributed by atoms with Crippen LogP contribution in [0.5, 0.6) is 0 Å². The first-order valence-electron chi connectivity index (χ1n) is 17.7. The van der Waals surface area contributed by atoms with Gasteiger partial charge in [0.05, 0.1) is 0 Å². The summed E-state index contributed by atoms with van der Waals surface area (Å²) in [7, 11) is 0. The fourth-order valence-corrected chi connectivity index (χ4v) is 30.7. The zero-order valence-corrected chi connectivity index (χ0v) is 35.5. The summed E-state index contributed by atoms with van der Waals surface area (Å²) in [4.78, 5) is 0. The first-order valence-corrected chi connectivity index (χ1v) is 24.8. The third-order valence-electron chi connectivity index (χ3n) is 12.9. The summed E-state index contributed by atoms with van der Waals surface area (Å²) in [5.41, 5.74) is 17.8. The molecule has 3 aromatic carbocycles. The summed E-state index contributed by atoms with van der Waals surface area (Å²) >= 11 is -4.46. The van der Waals surface area contributed by atoms with E-state index in [-0.39, 0.29) is 41.1 Å². The minimum absolute atomic E-state index is 0. The Morgan fingerprint density at radius 2 is 1.35 bits per heavy atom. The maximum atomic E-state index is 5.73. The van der Waals surface area contributed by atoms with Gasteiger partial charge in [-0.1, -0.05) is 0 Å². The van der Waals surface area contributed by atoms with Crippen LogP contribution in [0.1, 0.15) is 116 Å². The summed E-state index contributed by atoms with van der Waals surface area (Å²) in [6, 6.07) is 21.8. The fraction of sp³-hybridized carbons (Fsp3) is 0.400. The van der Waals surface area contributed by atoms with Gasteiger partial charge in [0.15, 0.2) is 0 Å². The topological polar surface area (TPSA) is 0 Å². The molecule has 0 nitrogen and oxygen atoms in total. The normalized spacial score (nSPS) is 20.4. The third kappa shape index (κ3) is 4.73. The van der Waals surface area contributed by atoms with Crippen molar-refractivity contribution in [1.29, 1.82) is 0 Å². The molecule has 0 N–H and O–H groups in total. The van der Waals surface area contributed by atoms with Crippen LogP contribution in [0.2, 0.25) is 4.13 Å². The van der Waals surface area contributed by atoms with E-state index in [2.05, 4.69) is 150 Å². The molecule has 3 heteroatoms. The maximum absolute atomic E-state index is 5.73. The van der Waals surface area contributed by atoms with Gasteiger partial charge in [-0.05, 0) is 0 Å². The van der Waals surface area contributed by atoms with Gasteiger partial charge in [0.2, 0.25) is 0 Å². The predicted molar refractivity (Wildman–Crippen MR) is 215 cm³/mol. The van der Waals surface area contributed by atoms with Gasteiger partial charge in [-0.2, -0.15) is 0 Å². The average Bonchev–Trinajstić information content (AvgIpc) is 3.63. The monoisotopic (exact) mass is 756 g/mol. The number of rotatable bonds is 4. The van der Waals surface area contributed by atoms with Gasteiger partial charge in [0.1, 0.15) is 0 Å². The Bertz CT molecular complexity index is 2070. The van der Waals surface area contributed by atoms with E-state index in [1.807, 2.05) is 0 Å². The van der Waals surface area contributed by atoms with Crippen LogP contribution < -0.4 is 3.27 Å². The number of hydrogen-bond acceptors (Lipinski definition) is 0. The van der Waals surface area contributed by atoms with E-state index < -0.39 is 18.3 Å². The van der Waals surface area contributed by atoms with Crippen LogP contribution in [0.4, 0.5) is 0 Å². The van der Waals surface area contributed by atoms with Crippen molar-refractivity contribution in [2.45, 2.75) is 104 Å². The molecule has 254 valence electrons. The van der Waals surface area contributed by atoms with Gasteiger partial charge in [0.25, 0.3) is 0 Å².